The molecule has 0 heterocycles. The average molecular weight is 251 g/mol. The van der Waals surface area contributed by atoms with Crippen molar-refractivity contribution in [3.63, 3.8) is 0 Å². The van der Waals surface area contributed by atoms with Gasteiger partial charge in [0, 0.05) is 13.1 Å². The van der Waals surface area contributed by atoms with Crippen LogP contribution in [-0.2, 0) is 4.79 Å². The molecule has 0 rings (SSSR count). The number of nitrogens with zero attached hydrogens (tertiary/aromatic N) is 1. The van der Waals surface area contributed by atoms with Crippen LogP contribution in [0, 0.1) is 5.92 Å². The molecule has 0 aliphatic heterocycles. The van der Waals surface area contributed by atoms with Crippen molar-refractivity contribution in [1.29, 1.82) is 0 Å². The Morgan fingerprint density at radius 2 is 2.00 bits per heavy atom. The molecule has 0 spiro atoms. The number of hydrogen-bond donors (Lipinski definition) is 1. The Labute approximate surface area is 89.0 Å². The van der Waals surface area contributed by atoms with Crippen molar-refractivity contribution in [2.45, 2.75) is 18.7 Å². The molecule has 0 aromatic heterocycles. The summed E-state index contributed by atoms with van der Waals surface area (Å²) in [5, 5.41) is 2.87. The third-order valence-electron chi connectivity index (χ3n) is 1.69. The molecule has 0 aromatic carbocycles. The second kappa shape index (κ2) is 6.38. The van der Waals surface area contributed by atoms with E-state index in [0.29, 0.717) is 12.5 Å². The van der Waals surface area contributed by atoms with Gasteiger partial charge >= 0.3 is 0 Å². The Bertz CT molecular complexity index is 160. The summed E-state index contributed by atoms with van der Waals surface area (Å²) in [7, 11) is 3.97. The molecule has 0 aliphatic carbocycles. The number of carbonyl (C=O) groups is 1. The fourth-order valence-corrected chi connectivity index (χ4v) is 0.965. The topological polar surface area (TPSA) is 32.3 Å². The maximum Gasteiger partial charge on any atom is 0.234 e. The molecule has 0 aliphatic rings. The molecule has 0 bridgehead atoms. The van der Waals surface area contributed by atoms with Crippen molar-refractivity contribution < 1.29 is 4.79 Å². The molecule has 0 saturated heterocycles. The Hall–Kier alpha value is -0.0900. The van der Waals surface area contributed by atoms with Gasteiger partial charge in [0.05, 0.1) is 4.83 Å². The summed E-state index contributed by atoms with van der Waals surface area (Å²) in [6.07, 6.45) is 0. The molecule has 1 amide bonds. The van der Waals surface area contributed by atoms with Crippen molar-refractivity contribution in [1.82, 2.24) is 10.2 Å². The summed E-state index contributed by atoms with van der Waals surface area (Å²) in [5.74, 6) is 0.413. The van der Waals surface area contributed by atoms with Crippen LogP contribution in [0.3, 0.4) is 0 Å². The minimum Gasteiger partial charge on any atom is -0.354 e. The van der Waals surface area contributed by atoms with E-state index in [0.717, 1.165) is 6.54 Å². The van der Waals surface area contributed by atoms with Crippen LogP contribution < -0.4 is 5.32 Å². The summed E-state index contributed by atoms with van der Waals surface area (Å²) in [5.41, 5.74) is 0. The van der Waals surface area contributed by atoms with Crippen LogP contribution in [0.5, 0.6) is 0 Å². The van der Waals surface area contributed by atoms with Crippen LogP contribution in [-0.4, -0.2) is 42.8 Å². The molecule has 1 atom stereocenters. The first kappa shape index (κ1) is 12.9. The van der Waals surface area contributed by atoms with E-state index < -0.39 is 0 Å². The largest absolute Gasteiger partial charge is 0.354 e. The molecule has 13 heavy (non-hydrogen) atoms. The lowest BCUT2D eigenvalue weighted by atomic mass is 10.1. The average Bonchev–Trinajstić information content (AvgIpc) is 2.02. The third-order valence-corrected chi connectivity index (χ3v) is 3.17. The zero-order chi connectivity index (χ0) is 10.4. The maximum absolute atomic E-state index is 11.4. The van der Waals surface area contributed by atoms with Crippen molar-refractivity contribution >= 4 is 21.8 Å². The fraction of sp³-hybridized carbons (Fsp3) is 0.889. The summed E-state index contributed by atoms with van der Waals surface area (Å²) >= 11 is 3.35. The summed E-state index contributed by atoms with van der Waals surface area (Å²) in [6, 6.07) is 0. The molecule has 0 aromatic rings. The molecule has 0 saturated carbocycles. The van der Waals surface area contributed by atoms with E-state index in [2.05, 4.69) is 21.2 Å². The number of halogens is 1. The highest BCUT2D eigenvalue weighted by Crippen LogP contribution is 2.11. The van der Waals surface area contributed by atoms with Crippen LogP contribution in [0.1, 0.15) is 13.8 Å². The maximum atomic E-state index is 11.4. The first-order chi connectivity index (χ1) is 5.95. The van der Waals surface area contributed by atoms with E-state index in [4.69, 9.17) is 0 Å². The Balaban J connectivity index is 3.62. The molecule has 3 nitrogen and oxygen atoms in total. The van der Waals surface area contributed by atoms with Gasteiger partial charge in [-0.05, 0) is 20.0 Å². The van der Waals surface area contributed by atoms with Crippen LogP contribution in [0.15, 0.2) is 0 Å². The standard InChI is InChI=1S/C9H19BrN2O/c1-7(2)8(10)9(13)11-5-6-12(3)4/h7-8H,5-6H2,1-4H3,(H,11,13). The van der Waals surface area contributed by atoms with Crippen LogP contribution >= 0.6 is 15.9 Å². The molecule has 78 valence electrons. The molecular formula is C9H19BrN2O. The van der Waals surface area contributed by atoms with E-state index >= 15 is 0 Å². The van der Waals surface area contributed by atoms with Gasteiger partial charge in [-0.25, -0.2) is 0 Å². The van der Waals surface area contributed by atoms with Gasteiger partial charge < -0.3 is 10.2 Å². The Morgan fingerprint density at radius 3 is 2.38 bits per heavy atom. The lowest BCUT2D eigenvalue weighted by molar-refractivity contribution is -0.121. The molecule has 4 heteroatoms. The van der Waals surface area contributed by atoms with E-state index in [1.165, 1.54) is 0 Å². The van der Waals surface area contributed by atoms with E-state index in [1.807, 2.05) is 32.8 Å². The van der Waals surface area contributed by atoms with E-state index in [-0.39, 0.29) is 10.7 Å². The van der Waals surface area contributed by atoms with Gasteiger partial charge in [0.2, 0.25) is 5.91 Å². The first-order valence-electron chi connectivity index (χ1n) is 4.51. The summed E-state index contributed by atoms with van der Waals surface area (Å²) < 4.78 is 0. The fourth-order valence-electron chi connectivity index (χ4n) is 0.803. The number of nitrogens with one attached hydrogen (secondary N) is 1. The van der Waals surface area contributed by atoms with E-state index in [9.17, 15) is 4.79 Å². The number of rotatable bonds is 5. The number of likely N-dealkylation sites (N-methyl/N-ethyl adjacent to an activating group) is 1. The van der Waals surface area contributed by atoms with Gasteiger partial charge in [-0.1, -0.05) is 29.8 Å². The predicted octanol–water partition coefficient (Wildman–Crippen LogP) is 1.08. The predicted molar refractivity (Wildman–Crippen MR) is 59.1 cm³/mol. The van der Waals surface area contributed by atoms with Gasteiger partial charge in [-0.15, -0.1) is 0 Å². The minimum absolute atomic E-state index is 0.0744. The first-order valence-corrected chi connectivity index (χ1v) is 5.43. The Kier molecular flexibility index (Phi) is 6.33. The number of amides is 1. The van der Waals surface area contributed by atoms with Crippen molar-refractivity contribution in [2.24, 2.45) is 5.92 Å². The second-order valence-corrected chi connectivity index (χ2v) is 4.73. The molecule has 0 radical (unpaired) electrons. The zero-order valence-corrected chi connectivity index (χ0v) is 10.4. The Morgan fingerprint density at radius 1 is 1.46 bits per heavy atom. The number of alkyl halides is 1. The van der Waals surface area contributed by atoms with Gasteiger partial charge in [-0.3, -0.25) is 4.79 Å². The number of carbonyl (C=O) groups excluding carboxylic acids is 1. The number of hydrogen-bond acceptors (Lipinski definition) is 2. The van der Waals surface area contributed by atoms with E-state index in [1.54, 1.807) is 0 Å². The highest BCUT2D eigenvalue weighted by atomic mass is 79.9. The minimum atomic E-state index is -0.0744. The van der Waals surface area contributed by atoms with Gasteiger partial charge in [-0.2, -0.15) is 0 Å². The summed E-state index contributed by atoms with van der Waals surface area (Å²) in [6.45, 7) is 5.63. The lowest BCUT2D eigenvalue weighted by Crippen LogP contribution is -2.37. The van der Waals surface area contributed by atoms with Gasteiger partial charge in [0.15, 0.2) is 0 Å². The van der Waals surface area contributed by atoms with Crippen LogP contribution in [0.4, 0.5) is 0 Å². The molecular weight excluding hydrogens is 232 g/mol. The molecule has 1 unspecified atom stereocenters. The lowest BCUT2D eigenvalue weighted by Gasteiger charge is -2.15. The van der Waals surface area contributed by atoms with Crippen molar-refractivity contribution in [3.8, 4) is 0 Å². The highest BCUT2D eigenvalue weighted by molar-refractivity contribution is 9.10. The van der Waals surface area contributed by atoms with Gasteiger partial charge in [0.1, 0.15) is 0 Å². The van der Waals surface area contributed by atoms with Crippen LogP contribution in [0.25, 0.3) is 0 Å². The second-order valence-electron chi connectivity index (χ2n) is 3.74. The normalized spacial score (nSPS) is 13.5. The SMILES string of the molecule is CC(C)C(Br)C(=O)NCCN(C)C. The highest BCUT2D eigenvalue weighted by Gasteiger charge is 2.17. The summed E-state index contributed by atoms with van der Waals surface area (Å²) in [4.78, 5) is 13.4. The molecule has 0 fully saturated rings. The monoisotopic (exact) mass is 250 g/mol. The third kappa shape index (κ3) is 6.05. The molecule has 1 N–H and O–H groups in total. The van der Waals surface area contributed by atoms with Gasteiger partial charge in [0.25, 0.3) is 0 Å². The van der Waals surface area contributed by atoms with Crippen molar-refractivity contribution in [3.05, 3.63) is 0 Å². The smallest absolute Gasteiger partial charge is 0.234 e. The van der Waals surface area contributed by atoms with Crippen LogP contribution in [0.2, 0.25) is 0 Å². The zero-order valence-electron chi connectivity index (χ0n) is 8.80. The quantitative estimate of drug-likeness (QED) is 0.742. The van der Waals surface area contributed by atoms with Crippen molar-refractivity contribution in [2.75, 3.05) is 27.2 Å².